The number of carbonyl (C=O) groups excluding carboxylic acids is 1. The van der Waals surface area contributed by atoms with Crippen molar-refractivity contribution in [2.75, 3.05) is 5.32 Å². The highest BCUT2D eigenvalue weighted by atomic mass is 19.1. The fraction of sp³-hybridized carbons (Fsp3) is 0.105. The molecule has 26 heavy (non-hydrogen) atoms. The summed E-state index contributed by atoms with van der Waals surface area (Å²) in [5, 5.41) is 2.54. The van der Waals surface area contributed by atoms with Gasteiger partial charge in [-0.05, 0) is 29.8 Å². The van der Waals surface area contributed by atoms with E-state index in [1.807, 2.05) is 30.3 Å². The zero-order chi connectivity index (χ0) is 18.5. The maximum absolute atomic E-state index is 12.9. The zero-order valence-corrected chi connectivity index (χ0v) is 13.8. The third-order valence-corrected chi connectivity index (χ3v) is 3.77. The first-order valence-corrected chi connectivity index (χ1v) is 7.92. The van der Waals surface area contributed by atoms with E-state index in [0.29, 0.717) is 5.69 Å². The molecule has 0 unspecified atom stereocenters. The number of amides is 1. The predicted molar refractivity (Wildman–Crippen MR) is 95.5 cm³/mol. The minimum Gasteiger partial charge on any atom is -0.325 e. The first-order valence-electron chi connectivity index (χ1n) is 7.92. The molecule has 0 atom stereocenters. The highest BCUT2D eigenvalue weighted by Gasteiger charge is 2.09. The van der Waals surface area contributed by atoms with Crippen LogP contribution in [0.2, 0.25) is 0 Å². The lowest BCUT2D eigenvalue weighted by Gasteiger charge is -2.09. The van der Waals surface area contributed by atoms with E-state index < -0.39 is 22.8 Å². The van der Waals surface area contributed by atoms with Crippen LogP contribution in [0.25, 0.3) is 0 Å². The molecule has 0 aliphatic rings. The fourth-order valence-corrected chi connectivity index (χ4v) is 2.46. The summed E-state index contributed by atoms with van der Waals surface area (Å²) in [5.74, 6) is -0.903. The molecular formula is C19H16FN3O3. The van der Waals surface area contributed by atoms with Crippen molar-refractivity contribution in [3.8, 4) is 0 Å². The Morgan fingerprint density at radius 1 is 0.885 bits per heavy atom. The van der Waals surface area contributed by atoms with Crippen LogP contribution in [0.5, 0.6) is 0 Å². The number of carbonyl (C=O) groups is 1. The maximum atomic E-state index is 12.9. The Morgan fingerprint density at radius 3 is 2.19 bits per heavy atom. The van der Waals surface area contributed by atoms with Crippen molar-refractivity contribution >= 4 is 11.6 Å². The second-order valence-corrected chi connectivity index (χ2v) is 5.70. The molecule has 0 aliphatic heterocycles. The lowest BCUT2D eigenvalue weighted by Crippen LogP contribution is -2.42. The summed E-state index contributed by atoms with van der Waals surface area (Å²) in [7, 11) is 0. The quantitative estimate of drug-likeness (QED) is 0.712. The van der Waals surface area contributed by atoms with Crippen molar-refractivity contribution in [2.45, 2.75) is 13.1 Å². The summed E-state index contributed by atoms with van der Waals surface area (Å²) in [4.78, 5) is 36.5. The molecule has 1 heterocycles. The lowest BCUT2D eigenvalue weighted by atomic mass is 10.2. The topological polar surface area (TPSA) is 73.1 Å². The number of anilines is 1. The van der Waals surface area contributed by atoms with Crippen molar-refractivity contribution in [3.63, 3.8) is 0 Å². The van der Waals surface area contributed by atoms with E-state index >= 15 is 0 Å². The number of benzene rings is 2. The summed E-state index contributed by atoms with van der Waals surface area (Å²) >= 11 is 0. The van der Waals surface area contributed by atoms with E-state index in [4.69, 9.17) is 0 Å². The molecule has 7 heteroatoms. The average Bonchev–Trinajstić information content (AvgIpc) is 2.64. The molecular weight excluding hydrogens is 337 g/mol. The van der Waals surface area contributed by atoms with Crippen LogP contribution in [0.1, 0.15) is 5.56 Å². The predicted octanol–water partition coefficient (Wildman–Crippen LogP) is 1.84. The number of hydrogen-bond acceptors (Lipinski definition) is 3. The van der Waals surface area contributed by atoms with Crippen LogP contribution < -0.4 is 16.4 Å². The van der Waals surface area contributed by atoms with Gasteiger partial charge in [0.25, 0.3) is 0 Å². The molecule has 3 rings (SSSR count). The highest BCUT2D eigenvalue weighted by Crippen LogP contribution is 2.08. The van der Waals surface area contributed by atoms with Gasteiger partial charge in [0.05, 0.1) is 6.54 Å². The summed E-state index contributed by atoms with van der Waals surface area (Å²) in [6.07, 6.45) is 2.87. The second-order valence-electron chi connectivity index (χ2n) is 5.70. The van der Waals surface area contributed by atoms with Gasteiger partial charge in [-0.2, -0.15) is 0 Å². The lowest BCUT2D eigenvalue weighted by molar-refractivity contribution is -0.116. The van der Waals surface area contributed by atoms with Crippen LogP contribution >= 0.6 is 0 Å². The van der Waals surface area contributed by atoms with Crippen molar-refractivity contribution in [1.82, 2.24) is 9.13 Å². The number of hydrogen-bond donors (Lipinski definition) is 1. The molecule has 0 aliphatic carbocycles. The molecule has 2 aromatic carbocycles. The van der Waals surface area contributed by atoms with Gasteiger partial charge < -0.3 is 9.88 Å². The number of nitrogens with one attached hydrogen (secondary N) is 1. The third kappa shape index (κ3) is 4.13. The minimum absolute atomic E-state index is 0.275. The number of halogens is 1. The van der Waals surface area contributed by atoms with Crippen LogP contribution in [0.3, 0.4) is 0 Å². The Hall–Kier alpha value is -3.48. The van der Waals surface area contributed by atoms with E-state index in [0.717, 1.165) is 10.1 Å². The molecule has 6 nitrogen and oxygen atoms in total. The molecule has 0 saturated carbocycles. The van der Waals surface area contributed by atoms with E-state index in [1.165, 1.54) is 41.2 Å². The Labute approximate surface area is 148 Å². The molecule has 0 spiro atoms. The van der Waals surface area contributed by atoms with Gasteiger partial charge in [-0.25, -0.2) is 4.39 Å². The standard InChI is InChI=1S/C19H16FN3O3/c20-15-6-8-16(9-7-15)21-17(24)13-23-11-10-22(18(25)19(23)26)12-14-4-2-1-3-5-14/h1-11H,12-13H2,(H,21,24). The molecule has 1 N–H and O–H groups in total. The Balaban J connectivity index is 1.73. The summed E-state index contributed by atoms with van der Waals surface area (Å²) in [6.45, 7) is -0.0326. The monoisotopic (exact) mass is 353 g/mol. The molecule has 0 fully saturated rings. The SMILES string of the molecule is O=C(Cn1ccn(Cc2ccccc2)c(=O)c1=O)Nc1ccc(F)cc1. The Bertz CT molecular complexity index is 1020. The van der Waals surface area contributed by atoms with Crippen LogP contribution in [-0.4, -0.2) is 15.0 Å². The van der Waals surface area contributed by atoms with Gasteiger partial charge in [-0.1, -0.05) is 30.3 Å². The zero-order valence-electron chi connectivity index (χ0n) is 13.8. The largest absolute Gasteiger partial charge is 0.325 e. The molecule has 132 valence electrons. The minimum atomic E-state index is -0.780. The first kappa shape index (κ1) is 17.3. The van der Waals surface area contributed by atoms with Gasteiger partial charge in [0.1, 0.15) is 12.4 Å². The molecule has 3 aromatic rings. The summed E-state index contributed by atoms with van der Waals surface area (Å²) < 4.78 is 15.2. The average molecular weight is 353 g/mol. The number of nitrogens with zero attached hydrogens (tertiary/aromatic N) is 2. The van der Waals surface area contributed by atoms with Crippen LogP contribution in [0.4, 0.5) is 10.1 Å². The highest BCUT2D eigenvalue weighted by molar-refractivity contribution is 5.90. The van der Waals surface area contributed by atoms with Crippen molar-refractivity contribution in [1.29, 1.82) is 0 Å². The molecule has 0 saturated heterocycles. The molecule has 0 bridgehead atoms. The Kier molecular flexibility index (Phi) is 5.07. The van der Waals surface area contributed by atoms with Gasteiger partial charge in [0.2, 0.25) is 5.91 Å². The number of aromatic nitrogens is 2. The van der Waals surface area contributed by atoms with E-state index in [2.05, 4.69) is 5.32 Å². The van der Waals surface area contributed by atoms with Crippen molar-refractivity contribution < 1.29 is 9.18 Å². The van der Waals surface area contributed by atoms with Crippen LogP contribution in [0.15, 0.2) is 76.6 Å². The molecule has 0 radical (unpaired) electrons. The normalized spacial score (nSPS) is 10.5. The summed E-state index contributed by atoms with van der Waals surface area (Å²) in [5.41, 5.74) is -0.189. The van der Waals surface area contributed by atoms with Gasteiger partial charge in [-0.3, -0.25) is 19.0 Å². The smallest absolute Gasteiger partial charge is 0.316 e. The van der Waals surface area contributed by atoms with Gasteiger partial charge in [0, 0.05) is 18.1 Å². The fourth-order valence-electron chi connectivity index (χ4n) is 2.46. The first-order chi connectivity index (χ1) is 12.5. The molecule has 1 amide bonds. The Morgan fingerprint density at radius 2 is 1.50 bits per heavy atom. The van der Waals surface area contributed by atoms with E-state index in [-0.39, 0.29) is 13.1 Å². The van der Waals surface area contributed by atoms with Crippen LogP contribution in [0, 0.1) is 5.82 Å². The van der Waals surface area contributed by atoms with E-state index in [1.54, 1.807) is 0 Å². The molecule has 1 aromatic heterocycles. The van der Waals surface area contributed by atoms with Crippen molar-refractivity contribution in [3.05, 3.63) is 99.1 Å². The van der Waals surface area contributed by atoms with Gasteiger partial charge in [0.15, 0.2) is 0 Å². The van der Waals surface area contributed by atoms with Gasteiger partial charge in [-0.15, -0.1) is 0 Å². The van der Waals surface area contributed by atoms with Crippen LogP contribution in [-0.2, 0) is 17.9 Å². The van der Waals surface area contributed by atoms with Gasteiger partial charge >= 0.3 is 11.1 Å². The van der Waals surface area contributed by atoms with Crippen molar-refractivity contribution in [2.24, 2.45) is 0 Å². The summed E-state index contributed by atoms with van der Waals surface area (Å²) in [6, 6.07) is 14.5. The van der Waals surface area contributed by atoms with E-state index in [9.17, 15) is 18.8 Å². The third-order valence-electron chi connectivity index (χ3n) is 3.77. The second kappa shape index (κ2) is 7.60. The number of rotatable bonds is 5. The maximum Gasteiger partial charge on any atom is 0.316 e.